The van der Waals surface area contributed by atoms with Gasteiger partial charge in [0.25, 0.3) is 0 Å². The van der Waals surface area contributed by atoms with Crippen molar-refractivity contribution in [1.29, 1.82) is 0 Å². The molecule has 0 aliphatic heterocycles. The monoisotopic (exact) mass is 356 g/mol. The average molecular weight is 356 g/mol. The molecule has 0 unspecified atom stereocenters. The van der Waals surface area contributed by atoms with E-state index in [0.717, 1.165) is 11.1 Å². The number of methoxy groups -OCH3 is 2. The van der Waals surface area contributed by atoms with Crippen molar-refractivity contribution in [2.75, 3.05) is 14.2 Å². The second-order valence-corrected chi connectivity index (χ2v) is 5.34. The highest BCUT2D eigenvalue weighted by molar-refractivity contribution is 5.75. The summed E-state index contributed by atoms with van der Waals surface area (Å²) in [6, 6.07) is 10.5. The Morgan fingerprint density at radius 1 is 0.692 bits per heavy atom. The van der Waals surface area contributed by atoms with Crippen molar-refractivity contribution >= 4 is 24.1 Å². The summed E-state index contributed by atoms with van der Waals surface area (Å²) in [7, 11) is 3.01. The predicted molar refractivity (Wildman–Crippen MR) is 97.5 cm³/mol. The van der Waals surface area contributed by atoms with Crippen LogP contribution in [0.25, 0.3) is 12.2 Å². The summed E-state index contributed by atoms with van der Waals surface area (Å²) in [5, 5.41) is 0. The zero-order valence-electron chi connectivity index (χ0n) is 15.1. The Labute approximate surface area is 151 Å². The molecule has 6 nitrogen and oxygen atoms in total. The molecule has 136 valence electrons. The van der Waals surface area contributed by atoms with Gasteiger partial charge in [-0.05, 0) is 35.4 Å². The van der Waals surface area contributed by atoms with E-state index in [0.29, 0.717) is 23.0 Å². The number of benzene rings is 2. The molecule has 2 rings (SSSR count). The molecule has 0 radical (unpaired) electrons. The molecule has 0 aliphatic carbocycles. The first kappa shape index (κ1) is 19.1. The van der Waals surface area contributed by atoms with Crippen molar-refractivity contribution < 1.29 is 28.5 Å². The number of hydrogen-bond donors (Lipinski definition) is 0. The molecular formula is C20H20O6. The predicted octanol–water partition coefficient (Wildman–Crippen LogP) is 3.72. The number of esters is 2. The van der Waals surface area contributed by atoms with Crippen molar-refractivity contribution in [1.82, 2.24) is 0 Å². The topological polar surface area (TPSA) is 71.1 Å². The third-order valence-corrected chi connectivity index (χ3v) is 3.35. The van der Waals surface area contributed by atoms with E-state index < -0.39 is 11.9 Å². The van der Waals surface area contributed by atoms with E-state index in [1.807, 2.05) is 24.3 Å². The fraction of sp³-hybridized carbons (Fsp3) is 0.200. The smallest absolute Gasteiger partial charge is 0.308 e. The van der Waals surface area contributed by atoms with Crippen molar-refractivity contribution in [3.05, 3.63) is 47.5 Å². The maximum absolute atomic E-state index is 11.2. The van der Waals surface area contributed by atoms with Gasteiger partial charge >= 0.3 is 11.9 Å². The second kappa shape index (κ2) is 8.71. The first-order valence-electron chi connectivity index (χ1n) is 7.84. The minimum Gasteiger partial charge on any atom is -0.493 e. The third kappa shape index (κ3) is 5.11. The number of rotatable bonds is 6. The summed E-state index contributed by atoms with van der Waals surface area (Å²) >= 11 is 0. The summed E-state index contributed by atoms with van der Waals surface area (Å²) < 4.78 is 20.7. The van der Waals surface area contributed by atoms with Gasteiger partial charge in [0.05, 0.1) is 14.2 Å². The van der Waals surface area contributed by atoms with Crippen LogP contribution < -0.4 is 18.9 Å². The Hall–Kier alpha value is -3.28. The molecule has 0 amide bonds. The number of ether oxygens (including phenoxy) is 4. The summed E-state index contributed by atoms with van der Waals surface area (Å²) in [6.07, 6.45) is 3.68. The van der Waals surface area contributed by atoms with Gasteiger partial charge in [0.1, 0.15) is 0 Å². The molecule has 0 N–H and O–H groups in total. The largest absolute Gasteiger partial charge is 0.493 e. The molecule has 2 aromatic carbocycles. The fourth-order valence-electron chi connectivity index (χ4n) is 2.26. The van der Waals surface area contributed by atoms with Crippen LogP contribution in [0.15, 0.2) is 36.4 Å². The SMILES string of the molecule is COc1ccc(/C=C/c2ccc(OC)c(OC(C)=O)c2)cc1OC(C)=O. The van der Waals surface area contributed by atoms with Crippen LogP contribution in [0.3, 0.4) is 0 Å². The molecule has 0 saturated carbocycles. The quantitative estimate of drug-likeness (QED) is 0.446. The first-order valence-corrected chi connectivity index (χ1v) is 7.84. The molecule has 26 heavy (non-hydrogen) atoms. The van der Waals surface area contributed by atoms with E-state index in [4.69, 9.17) is 18.9 Å². The standard InChI is InChI=1S/C20H20O6/c1-13(21)25-19-11-15(7-9-17(19)23-3)5-6-16-8-10-18(24-4)20(12-16)26-14(2)22/h5-12H,1-4H3/b6-5+. The highest BCUT2D eigenvalue weighted by Gasteiger charge is 2.09. The Morgan fingerprint density at radius 2 is 1.08 bits per heavy atom. The Balaban J connectivity index is 2.28. The first-order chi connectivity index (χ1) is 12.4. The van der Waals surface area contributed by atoms with Gasteiger partial charge in [-0.1, -0.05) is 24.3 Å². The van der Waals surface area contributed by atoms with Crippen LogP contribution in [-0.2, 0) is 9.59 Å². The highest BCUT2D eigenvalue weighted by atomic mass is 16.6. The molecule has 0 heterocycles. The van der Waals surface area contributed by atoms with Crippen molar-refractivity contribution in [3.8, 4) is 23.0 Å². The van der Waals surface area contributed by atoms with Crippen LogP contribution >= 0.6 is 0 Å². The van der Waals surface area contributed by atoms with Crippen molar-refractivity contribution in [2.45, 2.75) is 13.8 Å². The maximum Gasteiger partial charge on any atom is 0.308 e. The van der Waals surface area contributed by atoms with Gasteiger partial charge in [-0.3, -0.25) is 9.59 Å². The Bertz CT molecular complexity index is 769. The van der Waals surface area contributed by atoms with E-state index in [-0.39, 0.29) is 0 Å². The summed E-state index contributed by atoms with van der Waals surface area (Å²) in [5.41, 5.74) is 1.62. The fourth-order valence-corrected chi connectivity index (χ4v) is 2.26. The minimum absolute atomic E-state index is 0.345. The lowest BCUT2D eigenvalue weighted by Crippen LogP contribution is -2.03. The number of hydrogen-bond acceptors (Lipinski definition) is 6. The number of carbonyl (C=O) groups is 2. The van der Waals surface area contributed by atoms with E-state index in [9.17, 15) is 9.59 Å². The number of carbonyl (C=O) groups excluding carboxylic acids is 2. The molecule has 0 atom stereocenters. The van der Waals surface area contributed by atoms with E-state index in [1.54, 1.807) is 24.3 Å². The van der Waals surface area contributed by atoms with Gasteiger partial charge in [-0.25, -0.2) is 0 Å². The second-order valence-electron chi connectivity index (χ2n) is 5.34. The molecule has 0 saturated heterocycles. The van der Waals surface area contributed by atoms with Gasteiger partial charge < -0.3 is 18.9 Å². The lowest BCUT2D eigenvalue weighted by atomic mass is 10.1. The summed E-state index contributed by atoms with van der Waals surface area (Å²) in [5.74, 6) is 0.782. The zero-order chi connectivity index (χ0) is 19.1. The van der Waals surface area contributed by atoms with Crippen LogP contribution in [0.1, 0.15) is 25.0 Å². The highest BCUT2D eigenvalue weighted by Crippen LogP contribution is 2.31. The lowest BCUT2D eigenvalue weighted by Gasteiger charge is -2.09. The Kier molecular flexibility index (Phi) is 6.38. The van der Waals surface area contributed by atoms with Crippen molar-refractivity contribution in [3.63, 3.8) is 0 Å². The van der Waals surface area contributed by atoms with Crippen LogP contribution in [0.5, 0.6) is 23.0 Å². The molecule has 0 aliphatic rings. The van der Waals surface area contributed by atoms with Crippen LogP contribution in [-0.4, -0.2) is 26.2 Å². The van der Waals surface area contributed by atoms with Crippen molar-refractivity contribution in [2.24, 2.45) is 0 Å². The van der Waals surface area contributed by atoms with Crippen LogP contribution in [0.4, 0.5) is 0 Å². The molecule has 0 aromatic heterocycles. The molecule has 0 spiro atoms. The molecular weight excluding hydrogens is 336 g/mol. The van der Waals surface area contributed by atoms with Gasteiger partial charge in [0.2, 0.25) is 0 Å². The molecule has 6 heteroatoms. The van der Waals surface area contributed by atoms with Crippen LogP contribution in [0, 0.1) is 0 Å². The molecule has 0 fully saturated rings. The minimum atomic E-state index is -0.425. The molecule has 2 aromatic rings. The average Bonchev–Trinajstić information content (AvgIpc) is 2.59. The van der Waals surface area contributed by atoms with E-state index in [1.165, 1.54) is 28.1 Å². The van der Waals surface area contributed by atoms with Gasteiger partial charge in [-0.15, -0.1) is 0 Å². The normalized spacial score (nSPS) is 10.5. The lowest BCUT2D eigenvalue weighted by molar-refractivity contribution is -0.132. The van der Waals surface area contributed by atoms with Crippen LogP contribution in [0.2, 0.25) is 0 Å². The summed E-state index contributed by atoms with van der Waals surface area (Å²) in [4.78, 5) is 22.4. The van der Waals surface area contributed by atoms with Gasteiger partial charge in [0, 0.05) is 13.8 Å². The van der Waals surface area contributed by atoms with Gasteiger partial charge in [-0.2, -0.15) is 0 Å². The van der Waals surface area contributed by atoms with E-state index >= 15 is 0 Å². The Morgan fingerprint density at radius 3 is 1.38 bits per heavy atom. The van der Waals surface area contributed by atoms with Gasteiger partial charge in [0.15, 0.2) is 23.0 Å². The van der Waals surface area contributed by atoms with E-state index in [2.05, 4.69) is 0 Å². The zero-order valence-corrected chi connectivity index (χ0v) is 15.1. The third-order valence-electron chi connectivity index (χ3n) is 3.35. The summed E-state index contributed by atoms with van der Waals surface area (Å²) in [6.45, 7) is 2.66. The maximum atomic E-state index is 11.2. The molecule has 0 bridgehead atoms.